The zero-order chi connectivity index (χ0) is 25.7. The maximum absolute atomic E-state index is 12.5. The lowest BCUT2D eigenvalue weighted by Gasteiger charge is -2.19. The molecule has 1 amide bonds. The number of hydrogen-bond acceptors (Lipinski definition) is 5. The zero-order valence-electron chi connectivity index (χ0n) is 20.7. The van der Waals surface area contributed by atoms with E-state index in [0.29, 0.717) is 5.16 Å². The van der Waals surface area contributed by atoms with Crippen molar-refractivity contribution in [2.45, 2.75) is 38.3 Å². The first-order valence-electron chi connectivity index (χ1n) is 11.5. The number of carbonyl (C=O) groups is 1. The lowest BCUT2D eigenvalue weighted by molar-refractivity contribution is -0.118. The standard InChI is InChI=1S/C28H28BrN5OS/c1-19-8-14-24(15-9-19)34-26(21-10-12-22(13-11-21)28(2,3)4)32-33-27(34)36-18-25(35)31-30-17-20-6-5-7-23(29)16-20/h5-17H,18H2,1-4H3,(H,31,35). The quantitative estimate of drug-likeness (QED) is 0.158. The fourth-order valence-corrected chi connectivity index (χ4v) is 4.69. The molecule has 0 atom stereocenters. The first kappa shape index (κ1) is 25.9. The summed E-state index contributed by atoms with van der Waals surface area (Å²) in [4.78, 5) is 12.5. The Morgan fingerprint density at radius 2 is 1.78 bits per heavy atom. The van der Waals surface area contributed by atoms with E-state index in [1.54, 1.807) is 6.21 Å². The van der Waals surface area contributed by atoms with Crippen LogP contribution in [0.4, 0.5) is 0 Å². The molecule has 0 radical (unpaired) electrons. The summed E-state index contributed by atoms with van der Waals surface area (Å²) in [7, 11) is 0. The smallest absolute Gasteiger partial charge is 0.250 e. The van der Waals surface area contributed by atoms with E-state index < -0.39 is 0 Å². The minimum Gasteiger partial charge on any atom is -0.272 e. The number of carbonyl (C=O) groups excluding carboxylic acids is 1. The second-order valence-electron chi connectivity index (χ2n) is 9.44. The van der Waals surface area contributed by atoms with Gasteiger partial charge in [-0.3, -0.25) is 9.36 Å². The highest BCUT2D eigenvalue weighted by atomic mass is 79.9. The van der Waals surface area contributed by atoms with E-state index in [0.717, 1.165) is 27.1 Å². The van der Waals surface area contributed by atoms with E-state index in [9.17, 15) is 4.79 Å². The molecule has 0 spiro atoms. The van der Waals surface area contributed by atoms with Gasteiger partial charge in [-0.15, -0.1) is 10.2 Å². The number of hydrogen-bond donors (Lipinski definition) is 1. The Hall–Kier alpha value is -3.23. The zero-order valence-corrected chi connectivity index (χ0v) is 23.1. The van der Waals surface area contributed by atoms with E-state index >= 15 is 0 Å². The minimum absolute atomic E-state index is 0.0665. The van der Waals surface area contributed by atoms with Gasteiger partial charge in [0, 0.05) is 15.7 Å². The van der Waals surface area contributed by atoms with Crippen molar-refractivity contribution in [2.75, 3.05) is 5.75 Å². The van der Waals surface area contributed by atoms with Crippen LogP contribution in [0.5, 0.6) is 0 Å². The van der Waals surface area contributed by atoms with Crippen molar-refractivity contribution in [1.29, 1.82) is 0 Å². The van der Waals surface area contributed by atoms with Crippen molar-refractivity contribution in [3.8, 4) is 17.1 Å². The second kappa shape index (κ2) is 11.2. The number of nitrogens with one attached hydrogen (secondary N) is 1. The fraction of sp³-hybridized carbons (Fsp3) is 0.214. The number of aromatic nitrogens is 3. The lowest BCUT2D eigenvalue weighted by Crippen LogP contribution is -2.20. The van der Waals surface area contributed by atoms with E-state index in [-0.39, 0.29) is 17.1 Å². The molecular formula is C28H28BrN5OS. The molecule has 4 aromatic rings. The van der Waals surface area contributed by atoms with Gasteiger partial charge in [0.2, 0.25) is 0 Å². The van der Waals surface area contributed by atoms with Crippen molar-refractivity contribution in [3.63, 3.8) is 0 Å². The van der Waals surface area contributed by atoms with Crippen LogP contribution in [0.15, 0.2) is 87.5 Å². The maximum Gasteiger partial charge on any atom is 0.250 e. The van der Waals surface area contributed by atoms with Crippen molar-refractivity contribution < 1.29 is 4.79 Å². The summed E-state index contributed by atoms with van der Waals surface area (Å²) < 4.78 is 2.95. The van der Waals surface area contributed by atoms with Crippen LogP contribution in [0, 0.1) is 6.92 Å². The molecule has 0 aliphatic heterocycles. The van der Waals surface area contributed by atoms with E-state index in [1.165, 1.54) is 22.9 Å². The maximum atomic E-state index is 12.5. The van der Waals surface area contributed by atoms with Gasteiger partial charge >= 0.3 is 0 Å². The first-order chi connectivity index (χ1) is 17.2. The molecule has 0 unspecified atom stereocenters. The molecule has 184 valence electrons. The van der Waals surface area contributed by atoms with Crippen LogP contribution in [0.25, 0.3) is 17.1 Å². The van der Waals surface area contributed by atoms with Crippen LogP contribution >= 0.6 is 27.7 Å². The topological polar surface area (TPSA) is 72.2 Å². The van der Waals surface area contributed by atoms with E-state index in [2.05, 4.69) is 101 Å². The van der Waals surface area contributed by atoms with Gasteiger partial charge in [-0.05, 0) is 47.7 Å². The molecule has 8 heteroatoms. The normalized spacial score (nSPS) is 11.7. The first-order valence-corrected chi connectivity index (χ1v) is 13.3. The van der Waals surface area contributed by atoms with Gasteiger partial charge in [0.15, 0.2) is 11.0 Å². The van der Waals surface area contributed by atoms with Crippen molar-refractivity contribution in [1.82, 2.24) is 20.2 Å². The summed E-state index contributed by atoms with van der Waals surface area (Å²) in [5, 5.41) is 13.6. The number of thioether (sulfide) groups is 1. The third-order valence-corrected chi connectivity index (χ3v) is 6.94. The van der Waals surface area contributed by atoms with Crippen LogP contribution in [-0.2, 0) is 10.2 Å². The molecule has 4 rings (SSSR count). The predicted octanol–water partition coefficient (Wildman–Crippen LogP) is 6.55. The molecule has 1 aromatic heterocycles. The number of nitrogens with zero attached hydrogens (tertiary/aromatic N) is 4. The van der Waals surface area contributed by atoms with Crippen molar-refractivity contribution in [2.24, 2.45) is 5.10 Å². The largest absolute Gasteiger partial charge is 0.272 e. The molecule has 0 aliphatic rings. The number of aryl methyl sites for hydroxylation is 1. The highest BCUT2D eigenvalue weighted by Crippen LogP contribution is 2.30. The van der Waals surface area contributed by atoms with Gasteiger partial charge in [0.25, 0.3) is 5.91 Å². The summed E-state index contributed by atoms with van der Waals surface area (Å²) in [6, 6.07) is 24.3. The third-order valence-electron chi connectivity index (χ3n) is 5.52. The number of benzene rings is 3. The molecule has 0 bridgehead atoms. The summed E-state index contributed by atoms with van der Waals surface area (Å²) in [6.45, 7) is 8.63. The minimum atomic E-state index is -0.221. The summed E-state index contributed by atoms with van der Waals surface area (Å²) in [5.74, 6) is 0.665. The van der Waals surface area contributed by atoms with Crippen molar-refractivity contribution in [3.05, 3.63) is 94.0 Å². The second-order valence-corrected chi connectivity index (χ2v) is 11.3. The van der Waals surface area contributed by atoms with Crippen LogP contribution in [-0.4, -0.2) is 32.6 Å². The average molecular weight is 563 g/mol. The van der Waals surface area contributed by atoms with Gasteiger partial charge in [-0.2, -0.15) is 5.10 Å². The van der Waals surface area contributed by atoms with Crippen LogP contribution in [0.1, 0.15) is 37.5 Å². The SMILES string of the molecule is Cc1ccc(-n2c(SCC(=O)NN=Cc3cccc(Br)c3)nnc2-c2ccc(C(C)(C)C)cc2)cc1. The molecule has 0 aliphatic carbocycles. The Balaban J connectivity index is 1.54. The molecule has 0 saturated carbocycles. The Labute approximate surface area is 224 Å². The van der Waals surface area contributed by atoms with Crippen LogP contribution in [0.3, 0.4) is 0 Å². The molecular weight excluding hydrogens is 534 g/mol. The Kier molecular flexibility index (Phi) is 8.06. The van der Waals surface area contributed by atoms with Gasteiger partial charge in [-0.1, -0.05) is 103 Å². The van der Waals surface area contributed by atoms with Gasteiger partial charge in [0.05, 0.1) is 12.0 Å². The Bertz CT molecular complexity index is 1370. The van der Waals surface area contributed by atoms with Gasteiger partial charge < -0.3 is 0 Å². The molecule has 6 nitrogen and oxygen atoms in total. The predicted molar refractivity (Wildman–Crippen MR) is 151 cm³/mol. The number of rotatable bonds is 7. The van der Waals surface area contributed by atoms with Gasteiger partial charge in [0.1, 0.15) is 0 Å². The average Bonchev–Trinajstić information content (AvgIpc) is 3.27. The molecule has 0 fully saturated rings. The Morgan fingerprint density at radius 3 is 2.44 bits per heavy atom. The Morgan fingerprint density at radius 1 is 1.06 bits per heavy atom. The van der Waals surface area contributed by atoms with Crippen LogP contribution in [0.2, 0.25) is 0 Å². The molecule has 3 aromatic carbocycles. The number of halogens is 1. The summed E-state index contributed by atoms with van der Waals surface area (Å²) in [5.41, 5.74) is 7.86. The summed E-state index contributed by atoms with van der Waals surface area (Å²) in [6.07, 6.45) is 1.61. The molecule has 1 heterocycles. The summed E-state index contributed by atoms with van der Waals surface area (Å²) >= 11 is 4.75. The van der Waals surface area contributed by atoms with E-state index in [1.807, 2.05) is 41.0 Å². The number of amides is 1. The van der Waals surface area contributed by atoms with Gasteiger partial charge in [-0.25, -0.2) is 5.43 Å². The fourth-order valence-electron chi connectivity index (χ4n) is 3.52. The molecule has 1 N–H and O–H groups in total. The van der Waals surface area contributed by atoms with Crippen LogP contribution < -0.4 is 5.43 Å². The van der Waals surface area contributed by atoms with E-state index in [4.69, 9.17) is 0 Å². The third kappa shape index (κ3) is 6.50. The lowest BCUT2D eigenvalue weighted by atomic mass is 9.87. The highest BCUT2D eigenvalue weighted by Gasteiger charge is 2.19. The monoisotopic (exact) mass is 561 g/mol. The van der Waals surface area contributed by atoms with Crippen molar-refractivity contribution >= 4 is 39.8 Å². The molecule has 0 saturated heterocycles. The highest BCUT2D eigenvalue weighted by molar-refractivity contribution is 9.10. The molecule has 36 heavy (non-hydrogen) atoms. The number of hydrazone groups is 1.